The van der Waals surface area contributed by atoms with Crippen molar-refractivity contribution in [2.24, 2.45) is 5.92 Å². The van der Waals surface area contributed by atoms with E-state index in [2.05, 4.69) is 15.5 Å². The van der Waals surface area contributed by atoms with Gasteiger partial charge in [-0.1, -0.05) is 30.1 Å². The van der Waals surface area contributed by atoms with Gasteiger partial charge in [0.15, 0.2) is 0 Å². The summed E-state index contributed by atoms with van der Waals surface area (Å²) < 4.78 is 5.14. The molecule has 0 spiro atoms. The third-order valence-electron chi connectivity index (χ3n) is 5.60. The molecule has 8 nitrogen and oxygen atoms in total. The number of carbonyl (C=O) groups is 3. The molecule has 2 N–H and O–H groups in total. The zero-order valence-corrected chi connectivity index (χ0v) is 18.7. The number of imide groups is 1. The maximum absolute atomic E-state index is 13.1. The second-order valence-corrected chi connectivity index (χ2v) is 8.86. The van der Waals surface area contributed by atoms with E-state index >= 15 is 0 Å². The highest BCUT2D eigenvalue weighted by atomic mass is 35.5. The van der Waals surface area contributed by atoms with Gasteiger partial charge in [-0.05, 0) is 31.5 Å². The van der Waals surface area contributed by atoms with Crippen LogP contribution in [0.25, 0.3) is 0 Å². The fourth-order valence-corrected chi connectivity index (χ4v) is 4.76. The summed E-state index contributed by atoms with van der Waals surface area (Å²) in [5.74, 6) is -0.997. The lowest BCUT2D eigenvalue weighted by Gasteiger charge is -2.42. The van der Waals surface area contributed by atoms with Crippen molar-refractivity contribution in [3.63, 3.8) is 0 Å². The van der Waals surface area contributed by atoms with Crippen molar-refractivity contribution in [1.82, 2.24) is 15.5 Å². The molecule has 0 bridgehead atoms. The van der Waals surface area contributed by atoms with E-state index in [1.807, 2.05) is 19.1 Å². The standard InChI is InChI=1S/C20H26Cl2N4O4/c1-12(9-20(11-30-3)18(28)23-19(29)24-20)17(27)25-4-5-26(13(2)10-25)16-7-14(21)6-15(22)8-16/h6-8,12-13H,4-5,9-11H2,1-3H3,(H2,23,24,28,29)/t12?,13-,20?/m0/s1. The molecule has 4 amide bonds. The third kappa shape index (κ3) is 4.66. The van der Waals surface area contributed by atoms with Gasteiger partial charge in [-0.15, -0.1) is 0 Å². The zero-order chi connectivity index (χ0) is 22.1. The molecule has 3 atom stereocenters. The number of ether oxygens (including phenoxy) is 1. The lowest BCUT2D eigenvalue weighted by Crippen LogP contribution is -2.57. The van der Waals surface area contributed by atoms with Crippen molar-refractivity contribution < 1.29 is 19.1 Å². The van der Waals surface area contributed by atoms with Crippen molar-refractivity contribution in [3.8, 4) is 0 Å². The normalized spacial score (nSPS) is 25.2. The average Bonchev–Trinajstić information content (AvgIpc) is 2.93. The number of hydrogen-bond acceptors (Lipinski definition) is 5. The summed E-state index contributed by atoms with van der Waals surface area (Å²) in [6, 6.07) is 4.90. The van der Waals surface area contributed by atoms with Crippen LogP contribution in [0, 0.1) is 5.92 Å². The van der Waals surface area contributed by atoms with Crippen LogP contribution in [-0.2, 0) is 14.3 Å². The first-order valence-corrected chi connectivity index (χ1v) is 10.5. The number of hydrogen-bond donors (Lipinski definition) is 2. The number of methoxy groups -OCH3 is 1. The minimum atomic E-state index is -1.23. The molecule has 0 saturated carbocycles. The smallest absolute Gasteiger partial charge is 0.322 e. The highest BCUT2D eigenvalue weighted by molar-refractivity contribution is 6.35. The van der Waals surface area contributed by atoms with Gasteiger partial charge in [0.25, 0.3) is 5.91 Å². The van der Waals surface area contributed by atoms with Gasteiger partial charge in [0.1, 0.15) is 5.54 Å². The molecule has 0 aliphatic carbocycles. The molecule has 30 heavy (non-hydrogen) atoms. The first-order valence-electron chi connectivity index (χ1n) is 9.79. The van der Waals surface area contributed by atoms with Crippen LogP contribution in [0.15, 0.2) is 18.2 Å². The number of halogens is 2. The first kappa shape index (κ1) is 22.7. The minimum absolute atomic E-state index is 0.00188. The lowest BCUT2D eigenvalue weighted by atomic mass is 9.87. The number of benzene rings is 1. The van der Waals surface area contributed by atoms with Crippen LogP contribution >= 0.6 is 23.2 Å². The van der Waals surface area contributed by atoms with Crippen LogP contribution in [0.4, 0.5) is 10.5 Å². The first-order chi connectivity index (χ1) is 14.1. The van der Waals surface area contributed by atoms with E-state index in [1.54, 1.807) is 17.9 Å². The van der Waals surface area contributed by atoms with Gasteiger partial charge in [-0.3, -0.25) is 14.9 Å². The summed E-state index contributed by atoms with van der Waals surface area (Å²) in [5, 5.41) is 5.99. The molecule has 2 saturated heterocycles. The maximum Gasteiger partial charge on any atom is 0.322 e. The zero-order valence-electron chi connectivity index (χ0n) is 17.2. The molecule has 2 aliphatic rings. The summed E-state index contributed by atoms with van der Waals surface area (Å²) in [4.78, 5) is 41.0. The second kappa shape index (κ2) is 8.99. The monoisotopic (exact) mass is 456 g/mol. The molecule has 0 radical (unpaired) electrons. The second-order valence-electron chi connectivity index (χ2n) is 7.98. The average molecular weight is 457 g/mol. The lowest BCUT2D eigenvalue weighted by molar-refractivity contribution is -0.137. The number of anilines is 1. The molecule has 2 heterocycles. The molecular formula is C20H26Cl2N4O4. The highest BCUT2D eigenvalue weighted by Crippen LogP contribution is 2.29. The van der Waals surface area contributed by atoms with Gasteiger partial charge < -0.3 is 19.9 Å². The van der Waals surface area contributed by atoms with Crippen molar-refractivity contribution >= 4 is 46.7 Å². The van der Waals surface area contributed by atoms with Crippen molar-refractivity contribution in [1.29, 1.82) is 0 Å². The van der Waals surface area contributed by atoms with Gasteiger partial charge in [-0.25, -0.2) is 4.79 Å². The summed E-state index contributed by atoms with van der Waals surface area (Å²) in [7, 11) is 1.45. The quantitative estimate of drug-likeness (QED) is 0.640. The minimum Gasteiger partial charge on any atom is -0.382 e. The largest absolute Gasteiger partial charge is 0.382 e. The number of carbonyl (C=O) groups excluding carboxylic acids is 3. The number of nitrogens with one attached hydrogen (secondary N) is 2. The Kier molecular flexibility index (Phi) is 6.79. The van der Waals surface area contributed by atoms with E-state index in [-0.39, 0.29) is 25.0 Å². The van der Waals surface area contributed by atoms with Gasteiger partial charge >= 0.3 is 6.03 Å². The molecule has 164 valence electrons. The van der Waals surface area contributed by atoms with E-state index in [4.69, 9.17) is 27.9 Å². The Morgan fingerprint density at radius 3 is 2.47 bits per heavy atom. The molecule has 2 fully saturated rings. The summed E-state index contributed by atoms with van der Waals surface area (Å²) in [5.41, 5.74) is -0.309. The van der Waals surface area contributed by atoms with Crippen molar-refractivity contribution in [2.75, 3.05) is 38.3 Å². The van der Waals surface area contributed by atoms with Crippen LogP contribution in [0.3, 0.4) is 0 Å². The molecular weight excluding hydrogens is 431 g/mol. The van der Waals surface area contributed by atoms with E-state index in [0.717, 1.165) is 5.69 Å². The Balaban J connectivity index is 1.66. The van der Waals surface area contributed by atoms with Crippen LogP contribution in [0.5, 0.6) is 0 Å². The topological polar surface area (TPSA) is 91.0 Å². The Labute approximate surface area is 185 Å². The highest BCUT2D eigenvalue weighted by Gasteiger charge is 2.48. The molecule has 10 heteroatoms. The maximum atomic E-state index is 13.1. The number of nitrogens with zero attached hydrogens (tertiary/aromatic N) is 2. The Hall–Kier alpha value is -2.03. The summed E-state index contributed by atoms with van der Waals surface area (Å²) in [6.07, 6.45) is 0.162. The van der Waals surface area contributed by atoms with E-state index in [9.17, 15) is 14.4 Å². The summed E-state index contributed by atoms with van der Waals surface area (Å²) >= 11 is 12.3. The number of piperazine rings is 1. The number of rotatable bonds is 6. The number of urea groups is 1. The van der Waals surface area contributed by atoms with Crippen molar-refractivity contribution in [3.05, 3.63) is 28.2 Å². The van der Waals surface area contributed by atoms with Gasteiger partial charge in [0.2, 0.25) is 5.91 Å². The fraction of sp³-hybridized carbons (Fsp3) is 0.550. The SMILES string of the molecule is COCC1(CC(C)C(=O)N2CCN(c3cc(Cl)cc(Cl)c3)[C@@H](C)C2)NC(=O)NC1=O. The van der Waals surface area contributed by atoms with E-state index in [0.29, 0.717) is 29.7 Å². The molecule has 2 unspecified atom stereocenters. The predicted octanol–water partition coefficient (Wildman–Crippen LogP) is 2.28. The fourth-order valence-electron chi connectivity index (χ4n) is 4.25. The van der Waals surface area contributed by atoms with Gasteiger partial charge in [-0.2, -0.15) is 0 Å². The third-order valence-corrected chi connectivity index (χ3v) is 6.04. The summed E-state index contributed by atoms with van der Waals surface area (Å²) in [6.45, 7) is 5.51. The van der Waals surface area contributed by atoms with Crippen LogP contribution in [-0.4, -0.2) is 67.7 Å². The van der Waals surface area contributed by atoms with Crippen LogP contribution in [0.1, 0.15) is 20.3 Å². The van der Waals surface area contributed by atoms with Crippen molar-refractivity contribution in [2.45, 2.75) is 31.8 Å². The Morgan fingerprint density at radius 1 is 1.27 bits per heavy atom. The number of amides is 4. The molecule has 1 aromatic rings. The predicted molar refractivity (Wildman–Crippen MR) is 115 cm³/mol. The van der Waals surface area contributed by atoms with E-state index < -0.39 is 23.4 Å². The Bertz CT molecular complexity index is 832. The molecule has 0 aromatic heterocycles. The van der Waals surface area contributed by atoms with Crippen LogP contribution in [0.2, 0.25) is 10.0 Å². The van der Waals surface area contributed by atoms with Crippen LogP contribution < -0.4 is 15.5 Å². The molecule has 3 rings (SSSR count). The Morgan fingerprint density at radius 2 is 1.93 bits per heavy atom. The molecule has 2 aliphatic heterocycles. The van der Waals surface area contributed by atoms with E-state index in [1.165, 1.54) is 7.11 Å². The van der Waals surface area contributed by atoms with Gasteiger partial charge in [0.05, 0.1) is 6.61 Å². The van der Waals surface area contributed by atoms with Gasteiger partial charge in [0, 0.05) is 54.4 Å². The molecule has 1 aromatic carbocycles.